The molecule has 1 aliphatic rings. The molecule has 1 amide bonds. The molecule has 0 radical (unpaired) electrons. The first-order valence-electron chi connectivity index (χ1n) is 6.85. The molecular weight excluding hydrogens is 257 g/mol. The zero-order chi connectivity index (χ0) is 14.1. The van der Waals surface area contributed by atoms with Crippen molar-refractivity contribution in [1.82, 2.24) is 14.8 Å². The molecule has 1 aromatic heterocycles. The number of nitrogens with zero attached hydrogens (tertiary/aromatic N) is 2. The molecule has 5 heteroatoms. The van der Waals surface area contributed by atoms with Gasteiger partial charge in [-0.25, -0.2) is 4.39 Å². The molecule has 0 bridgehead atoms. The van der Waals surface area contributed by atoms with Gasteiger partial charge in [-0.15, -0.1) is 0 Å². The number of H-pyrrole nitrogens is 1. The molecule has 0 aliphatic carbocycles. The first kappa shape index (κ1) is 13.1. The van der Waals surface area contributed by atoms with E-state index in [9.17, 15) is 9.18 Å². The van der Waals surface area contributed by atoms with Crippen LogP contribution in [0.3, 0.4) is 0 Å². The summed E-state index contributed by atoms with van der Waals surface area (Å²) in [6, 6.07) is 4.62. The van der Waals surface area contributed by atoms with E-state index in [0.717, 1.165) is 42.6 Å². The standard InChI is InChI=1S/C15H18FN3O/c1-18-4-6-19(7-5-18)15(20)8-11-10-17-14-9-12(16)2-3-13(11)14/h2-3,9-10,17H,4-8H2,1H3. The SMILES string of the molecule is CN1CCN(C(=O)Cc2c[nH]c3cc(F)ccc23)CC1. The summed E-state index contributed by atoms with van der Waals surface area (Å²) >= 11 is 0. The summed E-state index contributed by atoms with van der Waals surface area (Å²) in [4.78, 5) is 19.5. The number of halogens is 1. The van der Waals surface area contributed by atoms with E-state index in [4.69, 9.17) is 0 Å². The van der Waals surface area contributed by atoms with E-state index in [0.29, 0.717) is 6.42 Å². The molecule has 0 spiro atoms. The second-order valence-corrected chi connectivity index (χ2v) is 5.36. The van der Waals surface area contributed by atoms with Crippen LogP contribution in [0.2, 0.25) is 0 Å². The highest BCUT2D eigenvalue weighted by molar-refractivity contribution is 5.89. The minimum atomic E-state index is -0.267. The molecular formula is C15H18FN3O. The molecule has 1 N–H and O–H groups in total. The number of aromatic nitrogens is 1. The van der Waals surface area contributed by atoms with Gasteiger partial charge < -0.3 is 14.8 Å². The number of piperazine rings is 1. The average molecular weight is 275 g/mol. The highest BCUT2D eigenvalue weighted by Crippen LogP contribution is 2.20. The van der Waals surface area contributed by atoms with Crippen LogP contribution < -0.4 is 0 Å². The fraction of sp³-hybridized carbons (Fsp3) is 0.400. The van der Waals surface area contributed by atoms with E-state index < -0.39 is 0 Å². The maximum Gasteiger partial charge on any atom is 0.227 e. The molecule has 1 aromatic carbocycles. The lowest BCUT2D eigenvalue weighted by atomic mass is 10.1. The van der Waals surface area contributed by atoms with Gasteiger partial charge in [0.05, 0.1) is 6.42 Å². The Kier molecular flexibility index (Phi) is 3.44. The first-order chi connectivity index (χ1) is 9.63. The van der Waals surface area contributed by atoms with Gasteiger partial charge in [0.15, 0.2) is 0 Å². The number of rotatable bonds is 2. The Labute approximate surface area is 117 Å². The number of amides is 1. The Balaban J connectivity index is 1.74. The number of carbonyl (C=O) groups excluding carboxylic acids is 1. The van der Waals surface area contributed by atoms with Crippen LogP contribution in [0.15, 0.2) is 24.4 Å². The molecule has 1 fully saturated rings. The van der Waals surface area contributed by atoms with Gasteiger partial charge in [0.25, 0.3) is 0 Å². The van der Waals surface area contributed by atoms with Crippen LogP contribution in [0.5, 0.6) is 0 Å². The number of fused-ring (bicyclic) bond motifs is 1. The predicted octanol–water partition coefficient (Wildman–Crippen LogP) is 1.62. The Bertz CT molecular complexity index is 629. The second-order valence-electron chi connectivity index (χ2n) is 5.36. The molecule has 0 unspecified atom stereocenters. The molecule has 106 valence electrons. The van der Waals surface area contributed by atoms with Gasteiger partial charge in [-0.2, -0.15) is 0 Å². The number of benzene rings is 1. The lowest BCUT2D eigenvalue weighted by molar-refractivity contribution is -0.132. The lowest BCUT2D eigenvalue weighted by Crippen LogP contribution is -2.47. The van der Waals surface area contributed by atoms with Crippen molar-refractivity contribution in [3.63, 3.8) is 0 Å². The summed E-state index contributed by atoms with van der Waals surface area (Å²) in [5, 5.41) is 0.925. The Hall–Kier alpha value is -1.88. The monoisotopic (exact) mass is 275 g/mol. The van der Waals surface area contributed by atoms with Gasteiger partial charge in [0.1, 0.15) is 5.82 Å². The van der Waals surface area contributed by atoms with Crippen LogP contribution in [0, 0.1) is 5.82 Å². The summed E-state index contributed by atoms with van der Waals surface area (Å²) < 4.78 is 13.1. The quantitative estimate of drug-likeness (QED) is 0.904. The number of carbonyl (C=O) groups is 1. The largest absolute Gasteiger partial charge is 0.361 e. The van der Waals surface area contributed by atoms with Crippen LogP contribution in [0.4, 0.5) is 4.39 Å². The highest BCUT2D eigenvalue weighted by atomic mass is 19.1. The van der Waals surface area contributed by atoms with Crippen LogP contribution >= 0.6 is 0 Å². The van der Waals surface area contributed by atoms with Crippen molar-refractivity contribution < 1.29 is 9.18 Å². The number of likely N-dealkylation sites (N-methyl/N-ethyl adjacent to an activating group) is 1. The van der Waals surface area contributed by atoms with Crippen molar-refractivity contribution in [1.29, 1.82) is 0 Å². The van der Waals surface area contributed by atoms with Crippen molar-refractivity contribution in [2.75, 3.05) is 33.2 Å². The number of aromatic amines is 1. The highest BCUT2D eigenvalue weighted by Gasteiger charge is 2.20. The lowest BCUT2D eigenvalue weighted by Gasteiger charge is -2.32. The molecule has 4 nitrogen and oxygen atoms in total. The summed E-state index contributed by atoms with van der Waals surface area (Å²) in [5.74, 6) is -0.125. The van der Waals surface area contributed by atoms with Gasteiger partial charge in [-0.05, 0) is 30.8 Å². The third kappa shape index (κ3) is 2.54. The molecule has 1 saturated heterocycles. The summed E-state index contributed by atoms with van der Waals surface area (Å²) in [6.45, 7) is 3.41. The summed E-state index contributed by atoms with van der Waals surface area (Å²) in [6.07, 6.45) is 2.17. The van der Waals surface area contributed by atoms with E-state index in [1.54, 1.807) is 12.3 Å². The summed E-state index contributed by atoms with van der Waals surface area (Å²) in [5.41, 5.74) is 1.68. The van der Waals surface area contributed by atoms with Gasteiger partial charge in [-0.3, -0.25) is 4.79 Å². The first-order valence-corrected chi connectivity index (χ1v) is 6.85. The van der Waals surface area contributed by atoms with Crippen LogP contribution in [-0.2, 0) is 11.2 Å². The Morgan fingerprint density at radius 2 is 2.05 bits per heavy atom. The van der Waals surface area contributed by atoms with E-state index >= 15 is 0 Å². The number of hydrogen-bond donors (Lipinski definition) is 1. The zero-order valence-electron chi connectivity index (χ0n) is 11.5. The topological polar surface area (TPSA) is 39.3 Å². The van der Waals surface area contributed by atoms with E-state index in [-0.39, 0.29) is 11.7 Å². The molecule has 20 heavy (non-hydrogen) atoms. The van der Waals surface area contributed by atoms with Crippen molar-refractivity contribution >= 4 is 16.8 Å². The van der Waals surface area contributed by atoms with E-state index in [2.05, 4.69) is 16.9 Å². The van der Waals surface area contributed by atoms with Gasteiger partial charge in [-0.1, -0.05) is 0 Å². The van der Waals surface area contributed by atoms with Crippen LogP contribution in [-0.4, -0.2) is 53.9 Å². The third-order valence-corrected chi connectivity index (χ3v) is 3.93. The number of nitrogens with one attached hydrogen (secondary N) is 1. The minimum absolute atomic E-state index is 0.142. The Morgan fingerprint density at radius 3 is 2.80 bits per heavy atom. The third-order valence-electron chi connectivity index (χ3n) is 3.93. The normalized spacial score (nSPS) is 16.8. The number of hydrogen-bond acceptors (Lipinski definition) is 2. The smallest absolute Gasteiger partial charge is 0.227 e. The van der Waals surface area contributed by atoms with Gasteiger partial charge in [0, 0.05) is 43.3 Å². The molecule has 0 saturated carbocycles. The van der Waals surface area contributed by atoms with Crippen molar-refractivity contribution in [2.45, 2.75) is 6.42 Å². The minimum Gasteiger partial charge on any atom is -0.361 e. The Morgan fingerprint density at radius 1 is 1.30 bits per heavy atom. The molecule has 2 aromatic rings. The zero-order valence-corrected chi connectivity index (χ0v) is 11.5. The maximum absolute atomic E-state index is 13.1. The molecule has 0 atom stereocenters. The second kappa shape index (κ2) is 5.25. The molecule has 1 aliphatic heterocycles. The van der Waals surface area contributed by atoms with Crippen molar-refractivity contribution in [3.8, 4) is 0 Å². The maximum atomic E-state index is 13.1. The molecule has 3 rings (SSSR count). The average Bonchev–Trinajstić information content (AvgIpc) is 2.81. The van der Waals surface area contributed by atoms with E-state index in [1.165, 1.54) is 12.1 Å². The van der Waals surface area contributed by atoms with Gasteiger partial charge >= 0.3 is 0 Å². The van der Waals surface area contributed by atoms with E-state index in [1.807, 2.05) is 4.90 Å². The van der Waals surface area contributed by atoms with Gasteiger partial charge in [0.2, 0.25) is 5.91 Å². The predicted molar refractivity (Wildman–Crippen MR) is 76.0 cm³/mol. The van der Waals surface area contributed by atoms with Crippen molar-refractivity contribution in [3.05, 3.63) is 35.8 Å². The summed E-state index contributed by atoms with van der Waals surface area (Å²) in [7, 11) is 2.07. The van der Waals surface area contributed by atoms with Crippen molar-refractivity contribution in [2.24, 2.45) is 0 Å². The molecule has 2 heterocycles. The fourth-order valence-electron chi connectivity index (χ4n) is 2.64. The van der Waals surface area contributed by atoms with Crippen LogP contribution in [0.1, 0.15) is 5.56 Å². The van der Waals surface area contributed by atoms with Crippen LogP contribution in [0.25, 0.3) is 10.9 Å². The fourth-order valence-corrected chi connectivity index (χ4v) is 2.64.